The zero-order chi connectivity index (χ0) is 14.2. The standard InChI is InChI=1S/C10H12BrN3O4S/c1-13(8-2-3-19(17,18)6-8)10-9(14(15)16)4-7(11)5-12-10/h4-5,8H,2-3,6H2,1H3. The molecule has 0 N–H and O–H groups in total. The first-order valence-electron chi connectivity index (χ1n) is 5.53. The number of nitrogens with zero attached hydrogens (tertiary/aromatic N) is 3. The molecule has 0 amide bonds. The largest absolute Gasteiger partial charge is 0.350 e. The van der Waals surface area contributed by atoms with Gasteiger partial charge in [-0.25, -0.2) is 13.4 Å². The van der Waals surface area contributed by atoms with E-state index in [1.54, 1.807) is 11.9 Å². The average molecular weight is 350 g/mol. The maximum absolute atomic E-state index is 11.5. The van der Waals surface area contributed by atoms with Gasteiger partial charge in [0.2, 0.25) is 5.82 Å². The molecule has 1 saturated heterocycles. The van der Waals surface area contributed by atoms with Crippen LogP contribution in [0, 0.1) is 10.1 Å². The molecule has 1 atom stereocenters. The molecule has 0 aromatic carbocycles. The lowest BCUT2D eigenvalue weighted by Gasteiger charge is -2.23. The number of halogens is 1. The Morgan fingerprint density at radius 2 is 2.26 bits per heavy atom. The Hall–Kier alpha value is -1.22. The van der Waals surface area contributed by atoms with Crippen LogP contribution in [0.4, 0.5) is 11.5 Å². The summed E-state index contributed by atoms with van der Waals surface area (Å²) in [5.74, 6) is 0.320. The Morgan fingerprint density at radius 3 is 2.79 bits per heavy atom. The van der Waals surface area contributed by atoms with Crippen LogP contribution in [-0.4, -0.2) is 42.9 Å². The van der Waals surface area contributed by atoms with Crippen LogP contribution >= 0.6 is 15.9 Å². The molecular weight excluding hydrogens is 338 g/mol. The lowest BCUT2D eigenvalue weighted by Crippen LogP contribution is -2.33. The van der Waals surface area contributed by atoms with Crippen LogP contribution in [0.5, 0.6) is 0 Å². The normalized spacial score (nSPS) is 21.3. The molecule has 0 bridgehead atoms. The van der Waals surface area contributed by atoms with Gasteiger partial charge in [0.1, 0.15) is 0 Å². The first kappa shape index (κ1) is 14.2. The first-order chi connectivity index (χ1) is 8.80. The topological polar surface area (TPSA) is 93.4 Å². The van der Waals surface area contributed by atoms with E-state index in [0.29, 0.717) is 10.9 Å². The molecular formula is C10H12BrN3O4S. The summed E-state index contributed by atoms with van der Waals surface area (Å²) in [4.78, 5) is 16.1. The maximum Gasteiger partial charge on any atom is 0.312 e. The summed E-state index contributed by atoms with van der Waals surface area (Å²) in [6.45, 7) is 0. The van der Waals surface area contributed by atoms with Crippen molar-refractivity contribution in [2.24, 2.45) is 0 Å². The zero-order valence-electron chi connectivity index (χ0n) is 10.1. The third kappa shape index (κ3) is 3.03. The van der Waals surface area contributed by atoms with E-state index in [0.717, 1.165) is 0 Å². The molecule has 0 radical (unpaired) electrons. The van der Waals surface area contributed by atoms with Gasteiger partial charge < -0.3 is 4.90 Å². The Kier molecular flexibility index (Phi) is 3.77. The Labute approximate surface area is 118 Å². The van der Waals surface area contributed by atoms with Gasteiger partial charge in [0, 0.05) is 29.8 Å². The summed E-state index contributed by atoms with van der Waals surface area (Å²) in [5.41, 5.74) is -0.138. The van der Waals surface area contributed by atoms with E-state index in [-0.39, 0.29) is 29.1 Å². The monoisotopic (exact) mass is 349 g/mol. The van der Waals surface area contributed by atoms with Crippen molar-refractivity contribution >= 4 is 37.3 Å². The van der Waals surface area contributed by atoms with Gasteiger partial charge in [0.15, 0.2) is 9.84 Å². The number of rotatable bonds is 3. The second-order valence-electron chi connectivity index (χ2n) is 4.42. The summed E-state index contributed by atoms with van der Waals surface area (Å²) < 4.78 is 23.4. The van der Waals surface area contributed by atoms with Crippen molar-refractivity contribution < 1.29 is 13.3 Å². The minimum Gasteiger partial charge on any atom is -0.350 e. The van der Waals surface area contributed by atoms with Gasteiger partial charge in [0.05, 0.1) is 16.4 Å². The van der Waals surface area contributed by atoms with Gasteiger partial charge in [-0.3, -0.25) is 10.1 Å². The Bertz CT molecular complexity index is 619. The smallest absolute Gasteiger partial charge is 0.312 e. The van der Waals surface area contributed by atoms with Crippen LogP contribution in [-0.2, 0) is 9.84 Å². The fraction of sp³-hybridized carbons (Fsp3) is 0.500. The summed E-state index contributed by atoms with van der Waals surface area (Å²) in [6, 6.07) is 1.10. The van der Waals surface area contributed by atoms with Gasteiger partial charge in [-0.1, -0.05) is 0 Å². The molecule has 1 aromatic rings. The molecule has 2 rings (SSSR count). The summed E-state index contributed by atoms with van der Waals surface area (Å²) >= 11 is 3.13. The summed E-state index contributed by atoms with van der Waals surface area (Å²) in [6.07, 6.45) is 1.93. The fourth-order valence-electron chi connectivity index (χ4n) is 2.08. The van der Waals surface area contributed by atoms with Crippen LogP contribution in [0.2, 0.25) is 0 Å². The average Bonchev–Trinajstić information content (AvgIpc) is 2.68. The van der Waals surface area contributed by atoms with Crippen molar-refractivity contribution in [1.29, 1.82) is 0 Å². The van der Waals surface area contributed by atoms with Crippen molar-refractivity contribution in [3.63, 3.8) is 0 Å². The number of pyridine rings is 1. The van der Waals surface area contributed by atoms with Crippen molar-refractivity contribution in [3.05, 3.63) is 26.9 Å². The first-order valence-corrected chi connectivity index (χ1v) is 8.15. The van der Waals surface area contributed by atoms with E-state index in [2.05, 4.69) is 20.9 Å². The molecule has 1 fully saturated rings. The molecule has 0 aliphatic carbocycles. The van der Waals surface area contributed by atoms with Gasteiger partial charge in [0.25, 0.3) is 0 Å². The molecule has 0 spiro atoms. The minimum atomic E-state index is -3.04. The summed E-state index contributed by atoms with van der Waals surface area (Å²) in [5, 5.41) is 11.0. The van der Waals surface area contributed by atoms with E-state index < -0.39 is 14.8 Å². The van der Waals surface area contributed by atoms with Gasteiger partial charge in [-0.05, 0) is 22.4 Å². The van der Waals surface area contributed by atoms with E-state index >= 15 is 0 Å². The molecule has 7 nitrogen and oxygen atoms in total. The molecule has 2 heterocycles. The van der Waals surface area contributed by atoms with Crippen molar-refractivity contribution in [2.75, 3.05) is 23.5 Å². The van der Waals surface area contributed by atoms with E-state index in [4.69, 9.17) is 0 Å². The van der Waals surface area contributed by atoms with E-state index in [1.165, 1.54) is 12.3 Å². The van der Waals surface area contributed by atoms with Crippen LogP contribution in [0.15, 0.2) is 16.7 Å². The van der Waals surface area contributed by atoms with Crippen LogP contribution < -0.4 is 4.90 Å². The minimum absolute atomic E-state index is 0.0123. The molecule has 1 unspecified atom stereocenters. The highest BCUT2D eigenvalue weighted by molar-refractivity contribution is 9.10. The lowest BCUT2D eigenvalue weighted by molar-refractivity contribution is -0.384. The third-order valence-electron chi connectivity index (χ3n) is 3.10. The molecule has 1 aliphatic rings. The Morgan fingerprint density at radius 1 is 1.58 bits per heavy atom. The van der Waals surface area contributed by atoms with Crippen molar-refractivity contribution in [2.45, 2.75) is 12.5 Å². The van der Waals surface area contributed by atoms with E-state index in [1.807, 2.05) is 0 Å². The number of sulfone groups is 1. The molecule has 104 valence electrons. The zero-order valence-corrected chi connectivity index (χ0v) is 12.5. The van der Waals surface area contributed by atoms with Crippen molar-refractivity contribution in [3.8, 4) is 0 Å². The highest BCUT2D eigenvalue weighted by atomic mass is 79.9. The quantitative estimate of drug-likeness (QED) is 0.604. The Balaban J connectivity index is 2.34. The predicted octanol–water partition coefficient (Wildman–Crippen LogP) is 1.38. The lowest BCUT2D eigenvalue weighted by atomic mass is 10.2. The molecule has 0 saturated carbocycles. The SMILES string of the molecule is CN(c1ncc(Br)cc1[N+](=O)[O-])C1CCS(=O)(=O)C1. The highest BCUT2D eigenvalue weighted by Gasteiger charge is 2.33. The van der Waals surface area contributed by atoms with Crippen LogP contribution in [0.25, 0.3) is 0 Å². The number of hydrogen-bond acceptors (Lipinski definition) is 6. The number of nitro groups is 1. The fourth-order valence-corrected chi connectivity index (χ4v) is 4.17. The number of hydrogen-bond donors (Lipinski definition) is 0. The van der Waals surface area contributed by atoms with Gasteiger partial charge in [-0.2, -0.15) is 0 Å². The third-order valence-corrected chi connectivity index (χ3v) is 5.28. The second kappa shape index (κ2) is 5.04. The number of anilines is 1. The van der Waals surface area contributed by atoms with E-state index in [9.17, 15) is 18.5 Å². The van der Waals surface area contributed by atoms with Gasteiger partial charge in [-0.15, -0.1) is 0 Å². The molecule has 9 heteroatoms. The number of aromatic nitrogens is 1. The summed E-state index contributed by atoms with van der Waals surface area (Å²) in [7, 11) is -1.40. The van der Waals surface area contributed by atoms with Crippen LogP contribution in [0.3, 0.4) is 0 Å². The van der Waals surface area contributed by atoms with Gasteiger partial charge >= 0.3 is 5.69 Å². The highest BCUT2D eigenvalue weighted by Crippen LogP contribution is 2.31. The second-order valence-corrected chi connectivity index (χ2v) is 7.57. The molecule has 19 heavy (non-hydrogen) atoms. The predicted molar refractivity (Wildman–Crippen MR) is 74.1 cm³/mol. The molecule has 1 aliphatic heterocycles. The molecule has 1 aromatic heterocycles. The van der Waals surface area contributed by atoms with Crippen molar-refractivity contribution in [1.82, 2.24) is 4.98 Å². The maximum atomic E-state index is 11.5. The van der Waals surface area contributed by atoms with Crippen LogP contribution in [0.1, 0.15) is 6.42 Å².